The van der Waals surface area contributed by atoms with E-state index < -0.39 is 0 Å². The van der Waals surface area contributed by atoms with Gasteiger partial charge >= 0.3 is 0 Å². The van der Waals surface area contributed by atoms with Crippen molar-refractivity contribution in [2.75, 3.05) is 0 Å². The lowest BCUT2D eigenvalue weighted by Gasteiger charge is -1.98. The smallest absolute Gasteiger partial charge is 0.104 e. The Hall–Kier alpha value is -1.71. The first-order valence-electron chi connectivity index (χ1n) is 4.64. The van der Waals surface area contributed by atoms with E-state index in [1.54, 1.807) is 29.6 Å². The molecule has 2 rings (SSSR count). The first-order valence-corrected chi connectivity index (χ1v) is 4.64. The number of rotatable bonds is 1. The average molecular weight is 190 g/mol. The van der Waals surface area contributed by atoms with Crippen molar-refractivity contribution >= 4 is 0 Å². The van der Waals surface area contributed by atoms with Gasteiger partial charge in [0.2, 0.25) is 0 Å². The van der Waals surface area contributed by atoms with Gasteiger partial charge in [-0.2, -0.15) is 15.0 Å². The van der Waals surface area contributed by atoms with E-state index in [0.29, 0.717) is 0 Å². The van der Waals surface area contributed by atoms with Crippen LogP contribution in [0.2, 0.25) is 0 Å². The largest absolute Gasteiger partial charge is 0.262 e. The van der Waals surface area contributed by atoms with Gasteiger partial charge in [-0.3, -0.25) is 4.98 Å². The van der Waals surface area contributed by atoms with Crippen LogP contribution >= 0.6 is 0 Å². The average Bonchev–Trinajstić information content (AvgIpc) is 2.74. The summed E-state index contributed by atoms with van der Waals surface area (Å²) < 4.78 is 0. The van der Waals surface area contributed by atoms with Gasteiger partial charge < -0.3 is 0 Å². The number of aryl methyl sites for hydroxylation is 1. The molecular formula is C10H14N4. The lowest BCUT2D eigenvalue weighted by Crippen LogP contribution is -1.98. The summed E-state index contributed by atoms with van der Waals surface area (Å²) >= 11 is 0. The summed E-state index contributed by atoms with van der Waals surface area (Å²) in [6.07, 6.45) is 6.81. The Balaban J connectivity index is 0.000000461. The third-order valence-corrected chi connectivity index (χ3v) is 1.51. The van der Waals surface area contributed by atoms with E-state index in [0.717, 1.165) is 11.3 Å². The van der Waals surface area contributed by atoms with E-state index in [1.165, 1.54) is 0 Å². The fourth-order valence-electron chi connectivity index (χ4n) is 0.997. The number of hydrogen-bond acceptors (Lipinski definition) is 3. The molecule has 0 atom stereocenters. The molecule has 14 heavy (non-hydrogen) atoms. The summed E-state index contributed by atoms with van der Waals surface area (Å²) in [6, 6.07) is 1.98. The Bertz CT molecular complexity index is 367. The van der Waals surface area contributed by atoms with Crippen molar-refractivity contribution < 1.29 is 0 Å². The van der Waals surface area contributed by atoms with Crippen LogP contribution in [0.5, 0.6) is 0 Å². The molecule has 0 amide bonds. The normalized spacial score (nSPS) is 9.07. The topological polar surface area (TPSA) is 43.6 Å². The van der Waals surface area contributed by atoms with Gasteiger partial charge in [0.1, 0.15) is 5.69 Å². The Labute approximate surface area is 83.6 Å². The Kier molecular flexibility index (Phi) is 3.79. The van der Waals surface area contributed by atoms with Crippen LogP contribution in [0.15, 0.2) is 30.9 Å². The standard InChI is InChI=1S/C8H8N4.C2H6/c1-7-4-8(6-9-5-7)12-10-2-3-11-12;1-2/h2-6H,1H3;1-2H3. The summed E-state index contributed by atoms with van der Waals surface area (Å²) in [5, 5.41) is 7.99. The minimum Gasteiger partial charge on any atom is -0.262 e. The number of pyridine rings is 1. The second-order valence-electron chi connectivity index (χ2n) is 2.54. The summed E-state index contributed by atoms with van der Waals surface area (Å²) in [5.41, 5.74) is 1.99. The van der Waals surface area contributed by atoms with Crippen LogP contribution in [0.4, 0.5) is 0 Å². The molecule has 4 nitrogen and oxygen atoms in total. The molecule has 74 valence electrons. The molecule has 0 aliphatic carbocycles. The second-order valence-corrected chi connectivity index (χ2v) is 2.54. The zero-order valence-corrected chi connectivity index (χ0v) is 8.68. The Morgan fingerprint density at radius 3 is 2.29 bits per heavy atom. The molecule has 0 fully saturated rings. The summed E-state index contributed by atoms with van der Waals surface area (Å²) in [6.45, 7) is 5.99. The minimum atomic E-state index is 0.889. The highest BCUT2D eigenvalue weighted by molar-refractivity contribution is 5.28. The van der Waals surface area contributed by atoms with Crippen molar-refractivity contribution in [2.45, 2.75) is 20.8 Å². The van der Waals surface area contributed by atoms with Gasteiger partial charge in [0.05, 0.1) is 18.6 Å². The van der Waals surface area contributed by atoms with Crippen molar-refractivity contribution in [1.82, 2.24) is 20.0 Å². The fourth-order valence-corrected chi connectivity index (χ4v) is 0.997. The second kappa shape index (κ2) is 5.11. The van der Waals surface area contributed by atoms with Crippen LogP contribution in [0.3, 0.4) is 0 Å². The Morgan fingerprint density at radius 2 is 1.71 bits per heavy atom. The van der Waals surface area contributed by atoms with E-state index in [9.17, 15) is 0 Å². The van der Waals surface area contributed by atoms with E-state index in [4.69, 9.17) is 0 Å². The highest BCUT2D eigenvalue weighted by Gasteiger charge is 1.96. The molecule has 4 heteroatoms. The maximum absolute atomic E-state index is 4.04. The molecule has 0 aliphatic rings. The fraction of sp³-hybridized carbons (Fsp3) is 0.300. The number of aromatic nitrogens is 4. The SMILES string of the molecule is CC.Cc1cncc(-n2nccn2)c1. The molecular weight excluding hydrogens is 176 g/mol. The molecule has 0 saturated carbocycles. The van der Waals surface area contributed by atoms with E-state index in [-0.39, 0.29) is 0 Å². The zero-order chi connectivity index (χ0) is 10.4. The predicted octanol–water partition coefficient (Wildman–Crippen LogP) is 2.00. The van der Waals surface area contributed by atoms with Gasteiger partial charge in [-0.25, -0.2) is 0 Å². The van der Waals surface area contributed by atoms with Crippen LogP contribution < -0.4 is 0 Å². The first-order chi connectivity index (χ1) is 6.86. The van der Waals surface area contributed by atoms with Gasteiger partial charge in [-0.05, 0) is 18.6 Å². The first kappa shape index (κ1) is 10.4. The molecule has 0 saturated heterocycles. The highest BCUT2D eigenvalue weighted by atomic mass is 15.5. The molecule has 0 N–H and O–H groups in total. The monoisotopic (exact) mass is 190 g/mol. The maximum Gasteiger partial charge on any atom is 0.104 e. The predicted molar refractivity (Wildman–Crippen MR) is 55.2 cm³/mol. The van der Waals surface area contributed by atoms with Crippen molar-refractivity contribution in [1.29, 1.82) is 0 Å². The molecule has 2 aromatic heterocycles. The Morgan fingerprint density at radius 1 is 1.07 bits per heavy atom. The van der Waals surface area contributed by atoms with Crippen molar-refractivity contribution in [2.24, 2.45) is 0 Å². The number of hydrogen-bond donors (Lipinski definition) is 0. The van der Waals surface area contributed by atoms with Crippen molar-refractivity contribution in [3.8, 4) is 5.69 Å². The molecule has 2 aromatic rings. The molecule has 0 spiro atoms. The maximum atomic E-state index is 4.04. The molecule has 0 aromatic carbocycles. The van der Waals surface area contributed by atoms with Gasteiger partial charge in [-0.15, -0.1) is 0 Å². The van der Waals surface area contributed by atoms with Crippen LogP contribution in [-0.2, 0) is 0 Å². The van der Waals surface area contributed by atoms with Gasteiger partial charge in [0.25, 0.3) is 0 Å². The van der Waals surface area contributed by atoms with Crippen molar-refractivity contribution in [3.05, 3.63) is 36.4 Å². The summed E-state index contributed by atoms with van der Waals surface area (Å²) in [7, 11) is 0. The number of nitrogens with zero attached hydrogens (tertiary/aromatic N) is 4. The lowest BCUT2D eigenvalue weighted by atomic mass is 10.3. The quantitative estimate of drug-likeness (QED) is 0.690. The van der Waals surface area contributed by atoms with Gasteiger partial charge in [0.15, 0.2) is 0 Å². The lowest BCUT2D eigenvalue weighted by molar-refractivity contribution is 0.747. The molecule has 0 bridgehead atoms. The van der Waals surface area contributed by atoms with Crippen molar-refractivity contribution in [3.63, 3.8) is 0 Å². The van der Waals surface area contributed by atoms with E-state index in [2.05, 4.69) is 15.2 Å². The van der Waals surface area contributed by atoms with Crippen LogP contribution in [0.1, 0.15) is 19.4 Å². The zero-order valence-electron chi connectivity index (χ0n) is 8.68. The minimum absolute atomic E-state index is 0.889. The van der Waals surface area contributed by atoms with E-state index in [1.807, 2.05) is 26.8 Å². The van der Waals surface area contributed by atoms with Crippen LogP contribution in [-0.4, -0.2) is 20.0 Å². The van der Waals surface area contributed by atoms with Gasteiger partial charge in [-0.1, -0.05) is 13.8 Å². The summed E-state index contributed by atoms with van der Waals surface area (Å²) in [4.78, 5) is 5.58. The van der Waals surface area contributed by atoms with Crippen LogP contribution in [0.25, 0.3) is 5.69 Å². The third-order valence-electron chi connectivity index (χ3n) is 1.51. The van der Waals surface area contributed by atoms with E-state index >= 15 is 0 Å². The highest BCUT2D eigenvalue weighted by Crippen LogP contribution is 2.03. The third kappa shape index (κ3) is 2.39. The molecule has 2 heterocycles. The molecule has 0 unspecified atom stereocenters. The molecule has 0 radical (unpaired) electrons. The van der Waals surface area contributed by atoms with Gasteiger partial charge in [0, 0.05) is 6.20 Å². The summed E-state index contributed by atoms with van der Waals surface area (Å²) in [5.74, 6) is 0. The molecule has 0 aliphatic heterocycles. The van der Waals surface area contributed by atoms with Crippen LogP contribution in [0, 0.1) is 6.92 Å².